The number of aromatic nitrogens is 3. The third kappa shape index (κ3) is 2.67. The van der Waals surface area contributed by atoms with Crippen molar-refractivity contribution in [2.45, 2.75) is 26.8 Å². The lowest BCUT2D eigenvalue weighted by Gasteiger charge is -2.03. The molecule has 0 amide bonds. The number of nitrogens with zero attached hydrogens (tertiary/aromatic N) is 3. The van der Waals surface area contributed by atoms with Crippen LogP contribution in [-0.4, -0.2) is 21.1 Å². The Labute approximate surface area is 122 Å². The Balaban J connectivity index is 1.63. The van der Waals surface area contributed by atoms with Crippen LogP contribution in [0.5, 0.6) is 0 Å². The van der Waals surface area contributed by atoms with Crippen molar-refractivity contribution in [2.75, 3.05) is 11.9 Å². The van der Waals surface area contributed by atoms with Crippen LogP contribution in [0.3, 0.4) is 0 Å². The predicted octanol–water partition coefficient (Wildman–Crippen LogP) is 3.61. The number of nitrogens with one attached hydrogen (secondary N) is 1. The minimum absolute atomic E-state index is 0.927. The minimum Gasteiger partial charge on any atom is -0.361 e. The zero-order valence-electron chi connectivity index (χ0n) is 11.8. The monoisotopic (exact) mass is 286 g/mol. The van der Waals surface area contributed by atoms with E-state index in [4.69, 9.17) is 4.98 Å². The fourth-order valence-corrected chi connectivity index (χ4v) is 3.25. The number of hydrogen-bond donors (Lipinski definition) is 1. The molecule has 1 N–H and O–H groups in total. The van der Waals surface area contributed by atoms with Crippen LogP contribution < -0.4 is 5.32 Å². The van der Waals surface area contributed by atoms with E-state index in [9.17, 15) is 0 Å². The highest BCUT2D eigenvalue weighted by Gasteiger charge is 2.07. The van der Waals surface area contributed by atoms with E-state index in [1.807, 2.05) is 18.7 Å². The van der Waals surface area contributed by atoms with E-state index in [0.717, 1.165) is 30.2 Å². The first-order valence-corrected chi connectivity index (χ1v) is 7.62. The van der Waals surface area contributed by atoms with Crippen molar-refractivity contribution >= 4 is 26.7 Å². The molecule has 0 aliphatic carbocycles. The Morgan fingerprint density at radius 1 is 1.25 bits per heavy atom. The predicted molar refractivity (Wildman–Crippen MR) is 84.4 cm³/mol. The van der Waals surface area contributed by atoms with Crippen LogP contribution >= 0.6 is 11.3 Å². The number of imidazole rings is 1. The van der Waals surface area contributed by atoms with Crippen molar-refractivity contribution in [3.8, 4) is 0 Å². The number of rotatable bonds is 5. The molecular formula is C15H18N4S. The van der Waals surface area contributed by atoms with Gasteiger partial charge in [0.2, 0.25) is 0 Å². The van der Waals surface area contributed by atoms with Gasteiger partial charge in [-0.05, 0) is 31.4 Å². The molecule has 0 saturated heterocycles. The fraction of sp³-hybridized carbons (Fsp3) is 0.333. The number of hydrogen-bond acceptors (Lipinski definition) is 4. The molecule has 0 aliphatic rings. The molecule has 5 heteroatoms. The van der Waals surface area contributed by atoms with Crippen molar-refractivity contribution < 1.29 is 0 Å². The lowest BCUT2D eigenvalue weighted by molar-refractivity contribution is 0.660. The van der Waals surface area contributed by atoms with Crippen molar-refractivity contribution in [1.82, 2.24) is 14.5 Å². The van der Waals surface area contributed by atoms with Crippen LogP contribution in [0.15, 0.2) is 30.9 Å². The molecule has 2 aromatic heterocycles. The summed E-state index contributed by atoms with van der Waals surface area (Å²) < 4.78 is 3.39. The molecule has 1 aromatic carbocycles. The van der Waals surface area contributed by atoms with Crippen LogP contribution in [0.2, 0.25) is 0 Å². The highest BCUT2D eigenvalue weighted by Crippen LogP contribution is 2.30. The number of fused-ring (bicyclic) bond motifs is 1. The molecule has 0 atom stereocenters. The molecule has 0 fully saturated rings. The maximum absolute atomic E-state index is 4.70. The Morgan fingerprint density at radius 2 is 2.10 bits per heavy atom. The van der Waals surface area contributed by atoms with Crippen LogP contribution in [0, 0.1) is 13.8 Å². The van der Waals surface area contributed by atoms with E-state index in [1.54, 1.807) is 11.3 Å². The zero-order valence-corrected chi connectivity index (χ0v) is 12.6. The molecule has 104 valence electrons. The SMILES string of the molecule is Cc1ccc(C)c2sc(NCCCn3ccnc3)nc12. The maximum Gasteiger partial charge on any atom is 0.183 e. The smallest absolute Gasteiger partial charge is 0.183 e. The second-order valence-electron chi connectivity index (χ2n) is 4.98. The van der Waals surface area contributed by atoms with Crippen molar-refractivity contribution in [3.63, 3.8) is 0 Å². The second kappa shape index (κ2) is 5.63. The van der Waals surface area contributed by atoms with Crippen molar-refractivity contribution in [1.29, 1.82) is 0 Å². The van der Waals surface area contributed by atoms with E-state index in [2.05, 4.69) is 40.8 Å². The zero-order chi connectivity index (χ0) is 13.9. The van der Waals surface area contributed by atoms with E-state index in [0.29, 0.717) is 0 Å². The third-order valence-electron chi connectivity index (χ3n) is 3.37. The Kier molecular flexibility index (Phi) is 3.69. The van der Waals surface area contributed by atoms with Crippen LogP contribution in [-0.2, 0) is 6.54 Å². The normalized spacial score (nSPS) is 11.1. The highest BCUT2D eigenvalue weighted by molar-refractivity contribution is 7.22. The molecule has 0 radical (unpaired) electrons. The molecule has 0 aliphatic heterocycles. The van der Waals surface area contributed by atoms with Gasteiger partial charge in [0.25, 0.3) is 0 Å². The van der Waals surface area contributed by atoms with Gasteiger partial charge in [0.1, 0.15) is 0 Å². The van der Waals surface area contributed by atoms with E-state index < -0.39 is 0 Å². The Morgan fingerprint density at radius 3 is 2.85 bits per heavy atom. The van der Waals surface area contributed by atoms with Crippen molar-refractivity contribution in [3.05, 3.63) is 42.0 Å². The van der Waals surface area contributed by atoms with Gasteiger partial charge in [-0.2, -0.15) is 0 Å². The van der Waals surface area contributed by atoms with Crippen LogP contribution in [0.1, 0.15) is 17.5 Å². The molecule has 3 aromatic rings. The summed E-state index contributed by atoms with van der Waals surface area (Å²) in [5, 5.41) is 4.44. The van der Waals surface area contributed by atoms with Gasteiger partial charge in [-0.15, -0.1) is 0 Å². The van der Waals surface area contributed by atoms with Gasteiger partial charge >= 0.3 is 0 Å². The molecule has 2 heterocycles. The number of aryl methyl sites for hydroxylation is 3. The van der Waals surface area contributed by atoms with E-state index >= 15 is 0 Å². The average molecular weight is 286 g/mol. The average Bonchev–Trinajstić information content (AvgIpc) is 3.08. The first-order valence-electron chi connectivity index (χ1n) is 6.80. The Hall–Kier alpha value is -1.88. The lowest BCUT2D eigenvalue weighted by atomic mass is 10.1. The number of anilines is 1. The van der Waals surface area contributed by atoms with Gasteiger partial charge in [-0.1, -0.05) is 23.5 Å². The van der Waals surface area contributed by atoms with Gasteiger partial charge in [-0.25, -0.2) is 9.97 Å². The summed E-state index contributed by atoms with van der Waals surface area (Å²) in [6.45, 7) is 6.17. The fourth-order valence-electron chi connectivity index (χ4n) is 2.21. The molecule has 0 unspecified atom stereocenters. The largest absolute Gasteiger partial charge is 0.361 e. The first kappa shape index (κ1) is 13.1. The first-order chi connectivity index (χ1) is 9.74. The van der Waals surface area contributed by atoms with E-state index in [1.165, 1.54) is 15.8 Å². The summed E-state index contributed by atoms with van der Waals surface area (Å²) >= 11 is 1.74. The highest BCUT2D eigenvalue weighted by atomic mass is 32.1. The summed E-state index contributed by atoms with van der Waals surface area (Å²) in [6, 6.07) is 4.30. The van der Waals surface area contributed by atoms with Gasteiger partial charge in [0.15, 0.2) is 5.13 Å². The van der Waals surface area contributed by atoms with Crippen molar-refractivity contribution in [2.24, 2.45) is 0 Å². The third-order valence-corrected chi connectivity index (χ3v) is 4.52. The second-order valence-corrected chi connectivity index (χ2v) is 5.98. The van der Waals surface area contributed by atoms with Crippen LogP contribution in [0.4, 0.5) is 5.13 Å². The van der Waals surface area contributed by atoms with Crippen LogP contribution in [0.25, 0.3) is 10.2 Å². The number of benzene rings is 1. The summed E-state index contributed by atoms with van der Waals surface area (Å²) in [6.07, 6.45) is 6.71. The number of thiazole rings is 1. The molecule has 0 spiro atoms. The molecule has 20 heavy (non-hydrogen) atoms. The molecule has 3 rings (SSSR count). The Bertz CT molecular complexity index is 661. The summed E-state index contributed by atoms with van der Waals surface area (Å²) in [5.74, 6) is 0. The van der Waals surface area contributed by atoms with Gasteiger partial charge in [0, 0.05) is 25.5 Å². The molecule has 4 nitrogen and oxygen atoms in total. The molecular weight excluding hydrogens is 268 g/mol. The molecule has 0 bridgehead atoms. The van der Waals surface area contributed by atoms with Gasteiger partial charge in [0.05, 0.1) is 16.5 Å². The van der Waals surface area contributed by atoms with Gasteiger partial charge in [-0.3, -0.25) is 0 Å². The van der Waals surface area contributed by atoms with Gasteiger partial charge < -0.3 is 9.88 Å². The lowest BCUT2D eigenvalue weighted by Crippen LogP contribution is -2.05. The topological polar surface area (TPSA) is 42.7 Å². The summed E-state index contributed by atoms with van der Waals surface area (Å²) in [5.41, 5.74) is 3.68. The minimum atomic E-state index is 0.927. The standard InChI is InChI=1S/C15H18N4S/c1-11-4-5-12(2)14-13(11)18-15(20-14)17-6-3-8-19-9-7-16-10-19/h4-5,7,9-10H,3,6,8H2,1-2H3,(H,17,18). The summed E-state index contributed by atoms with van der Waals surface area (Å²) in [4.78, 5) is 8.74. The van der Waals surface area contributed by atoms with E-state index in [-0.39, 0.29) is 0 Å². The maximum atomic E-state index is 4.70. The molecule has 0 saturated carbocycles. The summed E-state index contributed by atoms with van der Waals surface area (Å²) in [7, 11) is 0. The quantitative estimate of drug-likeness (QED) is 0.729.